The molecule has 1 aliphatic heterocycles. The summed E-state index contributed by atoms with van der Waals surface area (Å²) in [6.07, 6.45) is -0.0535. The molecule has 1 saturated heterocycles. The summed E-state index contributed by atoms with van der Waals surface area (Å²) >= 11 is 0. The molecule has 0 aliphatic carbocycles. The topological polar surface area (TPSA) is 49.8 Å². The van der Waals surface area contributed by atoms with Crippen molar-refractivity contribution in [3.8, 4) is 0 Å². The third-order valence-corrected chi connectivity index (χ3v) is 1.75. The summed E-state index contributed by atoms with van der Waals surface area (Å²) in [7, 11) is 0. The fourth-order valence-corrected chi connectivity index (χ4v) is 0.975. The quantitative estimate of drug-likeness (QED) is 0.640. The Labute approximate surface area is 65.8 Å². The molecular weight excluding hydrogens is 146 g/mol. The van der Waals surface area contributed by atoms with Crippen LogP contribution < -0.4 is 0 Å². The van der Waals surface area contributed by atoms with Gasteiger partial charge < -0.3 is 14.7 Å². The molecule has 0 bridgehead atoms. The lowest BCUT2D eigenvalue weighted by atomic mass is 10.2. The van der Waals surface area contributed by atoms with Gasteiger partial charge >= 0.3 is 6.09 Å². The highest BCUT2D eigenvalue weighted by Crippen LogP contribution is 2.04. The third kappa shape index (κ3) is 2.08. The van der Waals surface area contributed by atoms with Gasteiger partial charge in [0.15, 0.2) is 0 Å². The smallest absolute Gasteiger partial charge is 0.410 e. The van der Waals surface area contributed by atoms with Gasteiger partial charge in [0, 0.05) is 0 Å². The van der Waals surface area contributed by atoms with Crippen molar-refractivity contribution in [2.75, 3.05) is 19.7 Å². The SMILES string of the molecule is CCC(O)CN1CCOC1=O. The van der Waals surface area contributed by atoms with Crippen LogP contribution in [0.2, 0.25) is 0 Å². The van der Waals surface area contributed by atoms with E-state index in [1.807, 2.05) is 6.92 Å². The number of amides is 1. The minimum absolute atomic E-state index is 0.308. The largest absolute Gasteiger partial charge is 0.448 e. The van der Waals surface area contributed by atoms with Crippen molar-refractivity contribution in [3.63, 3.8) is 0 Å². The third-order valence-electron chi connectivity index (χ3n) is 1.75. The fraction of sp³-hybridized carbons (Fsp3) is 0.857. The van der Waals surface area contributed by atoms with Gasteiger partial charge in [-0.2, -0.15) is 0 Å². The lowest BCUT2D eigenvalue weighted by Gasteiger charge is -2.15. The first kappa shape index (κ1) is 8.33. The Morgan fingerprint density at radius 2 is 2.55 bits per heavy atom. The van der Waals surface area contributed by atoms with E-state index in [1.165, 1.54) is 4.90 Å². The summed E-state index contributed by atoms with van der Waals surface area (Å²) in [6, 6.07) is 0. The molecule has 1 amide bonds. The average Bonchev–Trinajstić information content (AvgIpc) is 2.37. The molecule has 4 nitrogen and oxygen atoms in total. The molecule has 1 heterocycles. The van der Waals surface area contributed by atoms with E-state index in [-0.39, 0.29) is 6.09 Å². The molecular formula is C7H13NO3. The molecule has 1 aliphatic rings. The minimum atomic E-state index is -0.416. The Morgan fingerprint density at radius 1 is 1.82 bits per heavy atom. The van der Waals surface area contributed by atoms with Crippen LogP contribution in [0.15, 0.2) is 0 Å². The van der Waals surface area contributed by atoms with Gasteiger partial charge in [0.25, 0.3) is 0 Å². The van der Waals surface area contributed by atoms with Gasteiger partial charge in [-0.1, -0.05) is 6.92 Å². The van der Waals surface area contributed by atoms with Crippen molar-refractivity contribution in [2.24, 2.45) is 0 Å². The molecule has 1 atom stereocenters. The molecule has 11 heavy (non-hydrogen) atoms. The fourth-order valence-electron chi connectivity index (χ4n) is 0.975. The van der Waals surface area contributed by atoms with E-state index in [1.54, 1.807) is 0 Å². The van der Waals surface area contributed by atoms with E-state index in [0.29, 0.717) is 26.1 Å². The zero-order valence-corrected chi connectivity index (χ0v) is 6.62. The van der Waals surface area contributed by atoms with Crippen LogP contribution in [-0.4, -0.2) is 41.9 Å². The summed E-state index contributed by atoms with van der Waals surface area (Å²) in [5.41, 5.74) is 0. The van der Waals surface area contributed by atoms with E-state index in [0.717, 1.165) is 0 Å². The average molecular weight is 159 g/mol. The molecule has 1 N–H and O–H groups in total. The van der Waals surface area contributed by atoms with E-state index in [4.69, 9.17) is 0 Å². The van der Waals surface area contributed by atoms with Crippen LogP contribution in [-0.2, 0) is 4.74 Å². The molecule has 64 valence electrons. The van der Waals surface area contributed by atoms with Crippen molar-refractivity contribution >= 4 is 6.09 Å². The first-order valence-electron chi connectivity index (χ1n) is 3.83. The maximum Gasteiger partial charge on any atom is 0.410 e. The Hall–Kier alpha value is -0.770. The highest BCUT2D eigenvalue weighted by Gasteiger charge is 2.23. The van der Waals surface area contributed by atoms with Crippen LogP contribution >= 0.6 is 0 Å². The summed E-state index contributed by atoms with van der Waals surface area (Å²) in [5, 5.41) is 9.19. The number of aliphatic hydroxyl groups is 1. The van der Waals surface area contributed by atoms with Crippen molar-refractivity contribution in [2.45, 2.75) is 19.4 Å². The first-order chi connectivity index (χ1) is 5.24. The molecule has 0 saturated carbocycles. The molecule has 4 heteroatoms. The zero-order valence-electron chi connectivity index (χ0n) is 6.62. The van der Waals surface area contributed by atoms with Crippen molar-refractivity contribution in [3.05, 3.63) is 0 Å². The molecule has 0 radical (unpaired) electrons. The van der Waals surface area contributed by atoms with Gasteiger partial charge in [-0.3, -0.25) is 0 Å². The van der Waals surface area contributed by atoms with Crippen molar-refractivity contribution in [1.29, 1.82) is 0 Å². The second-order valence-corrected chi connectivity index (χ2v) is 2.62. The monoisotopic (exact) mass is 159 g/mol. The first-order valence-corrected chi connectivity index (χ1v) is 3.83. The van der Waals surface area contributed by atoms with E-state index < -0.39 is 6.10 Å². The van der Waals surface area contributed by atoms with Crippen LogP contribution in [0.3, 0.4) is 0 Å². The van der Waals surface area contributed by atoms with Gasteiger partial charge in [0.2, 0.25) is 0 Å². The van der Waals surface area contributed by atoms with Gasteiger partial charge in [-0.15, -0.1) is 0 Å². The Kier molecular flexibility index (Phi) is 2.70. The minimum Gasteiger partial charge on any atom is -0.448 e. The van der Waals surface area contributed by atoms with Crippen LogP contribution in [0.1, 0.15) is 13.3 Å². The number of ether oxygens (including phenoxy) is 1. The number of hydrogen-bond acceptors (Lipinski definition) is 3. The summed E-state index contributed by atoms with van der Waals surface area (Å²) in [6.45, 7) is 3.34. The van der Waals surface area contributed by atoms with Crippen LogP contribution in [0.4, 0.5) is 4.79 Å². The second kappa shape index (κ2) is 3.57. The van der Waals surface area contributed by atoms with E-state index >= 15 is 0 Å². The Balaban J connectivity index is 2.30. The van der Waals surface area contributed by atoms with Crippen LogP contribution in [0.25, 0.3) is 0 Å². The number of β-amino-alcohol motifs (C(OH)–C–C–N with tert-alkyl or cyclic N) is 1. The molecule has 0 aromatic heterocycles. The zero-order chi connectivity index (χ0) is 8.27. The number of rotatable bonds is 3. The second-order valence-electron chi connectivity index (χ2n) is 2.62. The maximum atomic E-state index is 10.8. The van der Waals surface area contributed by atoms with Crippen molar-refractivity contribution in [1.82, 2.24) is 4.90 Å². The van der Waals surface area contributed by atoms with Gasteiger partial charge in [0.05, 0.1) is 19.2 Å². The molecule has 0 aromatic carbocycles. The highest BCUT2D eigenvalue weighted by atomic mass is 16.6. The molecule has 1 unspecified atom stereocenters. The number of nitrogens with zero attached hydrogens (tertiary/aromatic N) is 1. The van der Waals surface area contributed by atoms with Gasteiger partial charge in [0.1, 0.15) is 6.61 Å². The lowest BCUT2D eigenvalue weighted by Crippen LogP contribution is -2.32. The van der Waals surface area contributed by atoms with Gasteiger partial charge in [-0.05, 0) is 6.42 Å². The predicted octanol–water partition coefficient (Wildman–Crippen LogP) is 0.210. The molecule has 1 rings (SSSR count). The molecule has 0 spiro atoms. The van der Waals surface area contributed by atoms with E-state index in [9.17, 15) is 9.90 Å². The van der Waals surface area contributed by atoms with Gasteiger partial charge in [-0.25, -0.2) is 4.79 Å². The normalized spacial score (nSPS) is 20.2. The summed E-state index contributed by atoms with van der Waals surface area (Å²) < 4.78 is 4.69. The highest BCUT2D eigenvalue weighted by molar-refractivity contribution is 5.69. The standard InChI is InChI=1S/C7H13NO3/c1-2-6(9)5-8-3-4-11-7(8)10/h6,9H,2-5H2,1H3. The number of carbonyl (C=O) groups excluding carboxylic acids is 1. The van der Waals surface area contributed by atoms with Crippen molar-refractivity contribution < 1.29 is 14.6 Å². The number of cyclic esters (lactones) is 1. The lowest BCUT2D eigenvalue weighted by molar-refractivity contribution is 0.116. The molecule has 1 fully saturated rings. The molecule has 0 aromatic rings. The number of hydrogen-bond donors (Lipinski definition) is 1. The summed E-state index contributed by atoms with van der Waals surface area (Å²) in [4.78, 5) is 12.3. The number of aliphatic hydroxyl groups excluding tert-OH is 1. The Bertz CT molecular complexity index is 149. The van der Waals surface area contributed by atoms with Crippen LogP contribution in [0.5, 0.6) is 0 Å². The number of carbonyl (C=O) groups is 1. The Morgan fingerprint density at radius 3 is 3.00 bits per heavy atom. The van der Waals surface area contributed by atoms with Crippen LogP contribution in [0, 0.1) is 0 Å². The summed E-state index contributed by atoms with van der Waals surface area (Å²) in [5.74, 6) is 0. The predicted molar refractivity (Wildman–Crippen MR) is 39.2 cm³/mol. The maximum absolute atomic E-state index is 10.8. The van der Waals surface area contributed by atoms with E-state index in [2.05, 4.69) is 4.74 Å².